The SMILES string of the molecule is CCCCOC(=O)c1ccc(NC(=O)[C@H](C)Oc2ccc(N(C)S(C)(=O)=O)cc2)cc1. The summed E-state index contributed by atoms with van der Waals surface area (Å²) < 4.78 is 35.1. The van der Waals surface area contributed by atoms with Gasteiger partial charge in [0.05, 0.1) is 24.1 Å². The Hall–Kier alpha value is -3.07. The highest BCUT2D eigenvalue weighted by atomic mass is 32.2. The van der Waals surface area contributed by atoms with E-state index in [1.807, 2.05) is 6.92 Å². The lowest BCUT2D eigenvalue weighted by atomic mass is 10.2. The monoisotopic (exact) mass is 448 g/mol. The highest BCUT2D eigenvalue weighted by Crippen LogP contribution is 2.21. The number of amides is 1. The smallest absolute Gasteiger partial charge is 0.338 e. The van der Waals surface area contributed by atoms with Gasteiger partial charge in [-0.1, -0.05) is 13.3 Å². The first-order valence-electron chi connectivity index (χ1n) is 9.90. The zero-order valence-electron chi connectivity index (χ0n) is 18.1. The molecule has 8 nitrogen and oxygen atoms in total. The normalized spacial score (nSPS) is 12.0. The number of anilines is 2. The van der Waals surface area contributed by atoms with Crippen molar-refractivity contribution in [1.29, 1.82) is 0 Å². The van der Waals surface area contributed by atoms with Crippen LogP contribution in [0.1, 0.15) is 37.0 Å². The van der Waals surface area contributed by atoms with Crippen LogP contribution in [0, 0.1) is 0 Å². The maximum absolute atomic E-state index is 12.4. The van der Waals surface area contributed by atoms with Crippen LogP contribution in [0.4, 0.5) is 11.4 Å². The lowest BCUT2D eigenvalue weighted by molar-refractivity contribution is -0.122. The predicted molar refractivity (Wildman–Crippen MR) is 120 cm³/mol. The molecule has 2 rings (SSSR count). The van der Waals surface area contributed by atoms with Gasteiger partial charge in [0.1, 0.15) is 5.75 Å². The Balaban J connectivity index is 1.91. The van der Waals surface area contributed by atoms with Gasteiger partial charge in [-0.2, -0.15) is 0 Å². The van der Waals surface area contributed by atoms with Crippen LogP contribution in [0.5, 0.6) is 5.75 Å². The van der Waals surface area contributed by atoms with Crippen molar-refractivity contribution in [2.45, 2.75) is 32.8 Å². The molecule has 0 spiro atoms. The van der Waals surface area contributed by atoms with Crippen molar-refractivity contribution in [1.82, 2.24) is 0 Å². The Morgan fingerprint density at radius 1 is 1.06 bits per heavy atom. The molecule has 0 heterocycles. The Morgan fingerprint density at radius 2 is 1.68 bits per heavy atom. The minimum atomic E-state index is -3.36. The second-order valence-corrected chi connectivity index (χ2v) is 9.05. The van der Waals surface area contributed by atoms with Gasteiger partial charge in [0.2, 0.25) is 10.0 Å². The molecule has 2 aromatic rings. The summed E-state index contributed by atoms with van der Waals surface area (Å²) >= 11 is 0. The Morgan fingerprint density at radius 3 is 2.23 bits per heavy atom. The van der Waals surface area contributed by atoms with Crippen molar-refractivity contribution >= 4 is 33.3 Å². The number of ether oxygens (including phenoxy) is 2. The number of sulfonamides is 1. The molecule has 0 bridgehead atoms. The van der Waals surface area contributed by atoms with Gasteiger partial charge >= 0.3 is 5.97 Å². The minimum absolute atomic E-state index is 0.365. The van der Waals surface area contributed by atoms with Crippen molar-refractivity contribution in [3.05, 3.63) is 54.1 Å². The summed E-state index contributed by atoms with van der Waals surface area (Å²) in [5, 5.41) is 2.73. The molecule has 9 heteroatoms. The second-order valence-electron chi connectivity index (χ2n) is 7.04. The maximum Gasteiger partial charge on any atom is 0.338 e. The van der Waals surface area contributed by atoms with Gasteiger partial charge in [0.25, 0.3) is 5.91 Å². The molecule has 0 saturated carbocycles. The fraction of sp³-hybridized carbons (Fsp3) is 0.364. The van der Waals surface area contributed by atoms with E-state index in [4.69, 9.17) is 9.47 Å². The number of hydrogen-bond donors (Lipinski definition) is 1. The van der Waals surface area contributed by atoms with E-state index in [0.29, 0.717) is 29.3 Å². The fourth-order valence-corrected chi connectivity index (χ4v) is 3.01. The summed E-state index contributed by atoms with van der Waals surface area (Å²) in [7, 11) is -1.90. The average Bonchev–Trinajstić information content (AvgIpc) is 2.73. The molecule has 31 heavy (non-hydrogen) atoms. The number of rotatable bonds is 10. The third kappa shape index (κ3) is 7.29. The molecule has 0 aromatic heterocycles. The number of carbonyl (C=O) groups excluding carboxylic acids is 2. The van der Waals surface area contributed by atoms with E-state index in [2.05, 4.69) is 5.32 Å². The van der Waals surface area contributed by atoms with Crippen LogP contribution in [0.2, 0.25) is 0 Å². The van der Waals surface area contributed by atoms with Crippen molar-refractivity contribution in [3.63, 3.8) is 0 Å². The molecule has 0 aliphatic heterocycles. The zero-order chi connectivity index (χ0) is 23.0. The van der Waals surface area contributed by atoms with Gasteiger partial charge in [-0.05, 0) is 61.9 Å². The maximum atomic E-state index is 12.4. The van der Waals surface area contributed by atoms with E-state index < -0.39 is 22.1 Å². The first-order chi connectivity index (χ1) is 14.6. The highest BCUT2D eigenvalue weighted by Gasteiger charge is 2.16. The van der Waals surface area contributed by atoms with Gasteiger partial charge in [0.15, 0.2) is 6.10 Å². The third-order valence-corrected chi connectivity index (χ3v) is 5.70. The van der Waals surface area contributed by atoms with Crippen LogP contribution in [0.3, 0.4) is 0 Å². The zero-order valence-corrected chi connectivity index (χ0v) is 18.9. The summed E-state index contributed by atoms with van der Waals surface area (Å²) in [5.41, 5.74) is 1.42. The van der Waals surface area contributed by atoms with E-state index in [0.717, 1.165) is 23.4 Å². The highest BCUT2D eigenvalue weighted by molar-refractivity contribution is 7.92. The largest absolute Gasteiger partial charge is 0.481 e. The summed E-state index contributed by atoms with van der Waals surface area (Å²) in [6.45, 7) is 4.00. The molecule has 168 valence electrons. The topological polar surface area (TPSA) is 102 Å². The van der Waals surface area contributed by atoms with Crippen LogP contribution in [0.15, 0.2) is 48.5 Å². The Labute approximate surface area is 183 Å². The molecule has 0 saturated heterocycles. The van der Waals surface area contributed by atoms with Gasteiger partial charge in [-0.25, -0.2) is 13.2 Å². The number of nitrogens with one attached hydrogen (secondary N) is 1. The molecule has 0 unspecified atom stereocenters. The second kappa shape index (κ2) is 10.8. The number of carbonyl (C=O) groups is 2. The minimum Gasteiger partial charge on any atom is -0.481 e. The van der Waals surface area contributed by atoms with Crippen LogP contribution in [0.25, 0.3) is 0 Å². The van der Waals surface area contributed by atoms with Crippen LogP contribution >= 0.6 is 0 Å². The molecule has 1 amide bonds. The van der Waals surface area contributed by atoms with E-state index >= 15 is 0 Å². The molecule has 2 aromatic carbocycles. The van der Waals surface area contributed by atoms with Crippen molar-refractivity contribution in [2.75, 3.05) is 29.5 Å². The van der Waals surface area contributed by atoms with E-state index in [9.17, 15) is 18.0 Å². The summed E-state index contributed by atoms with van der Waals surface area (Å²) in [5.74, 6) is -0.331. The number of benzene rings is 2. The molecule has 1 N–H and O–H groups in total. The molecular weight excluding hydrogens is 420 g/mol. The van der Waals surface area contributed by atoms with E-state index in [-0.39, 0.29) is 5.91 Å². The summed E-state index contributed by atoms with van der Waals surface area (Å²) in [4.78, 5) is 24.3. The Kier molecular flexibility index (Phi) is 8.44. The fourth-order valence-electron chi connectivity index (χ4n) is 2.51. The summed E-state index contributed by atoms with van der Waals surface area (Å²) in [6, 6.07) is 12.8. The molecule has 1 atom stereocenters. The number of nitrogens with zero attached hydrogens (tertiary/aromatic N) is 1. The molecular formula is C22H28N2O6S. The van der Waals surface area contributed by atoms with Gasteiger partial charge < -0.3 is 14.8 Å². The van der Waals surface area contributed by atoms with Crippen LogP contribution < -0.4 is 14.4 Å². The molecule has 0 fully saturated rings. The van der Waals surface area contributed by atoms with Gasteiger partial charge in [-0.3, -0.25) is 9.10 Å². The standard InChI is InChI=1S/C22H28N2O6S/c1-5-6-15-29-22(26)17-7-9-18(10-8-17)23-21(25)16(2)30-20-13-11-19(12-14-20)24(3)31(4,27)28/h7-14,16H,5-6,15H2,1-4H3,(H,23,25)/t16-/m0/s1. The number of hydrogen-bond acceptors (Lipinski definition) is 6. The van der Waals surface area contributed by atoms with Gasteiger partial charge in [0, 0.05) is 12.7 Å². The summed E-state index contributed by atoms with van der Waals surface area (Å²) in [6.07, 6.45) is 2.08. The quantitative estimate of drug-likeness (QED) is 0.441. The number of esters is 1. The lowest BCUT2D eigenvalue weighted by Crippen LogP contribution is -2.30. The molecule has 0 radical (unpaired) electrons. The van der Waals surface area contributed by atoms with E-state index in [1.54, 1.807) is 55.5 Å². The van der Waals surface area contributed by atoms with Gasteiger partial charge in [-0.15, -0.1) is 0 Å². The van der Waals surface area contributed by atoms with Crippen LogP contribution in [-0.4, -0.2) is 46.3 Å². The van der Waals surface area contributed by atoms with Crippen molar-refractivity contribution < 1.29 is 27.5 Å². The first-order valence-corrected chi connectivity index (χ1v) is 11.8. The number of unbranched alkanes of at least 4 members (excludes halogenated alkanes) is 1. The lowest BCUT2D eigenvalue weighted by Gasteiger charge is -2.18. The molecule has 0 aliphatic carbocycles. The van der Waals surface area contributed by atoms with E-state index in [1.165, 1.54) is 7.05 Å². The van der Waals surface area contributed by atoms with Crippen molar-refractivity contribution in [2.24, 2.45) is 0 Å². The Bertz CT molecular complexity index is 988. The average molecular weight is 449 g/mol. The van der Waals surface area contributed by atoms with Crippen LogP contribution in [-0.2, 0) is 19.6 Å². The third-order valence-electron chi connectivity index (χ3n) is 4.50. The van der Waals surface area contributed by atoms with Crippen molar-refractivity contribution in [3.8, 4) is 5.75 Å². The molecule has 0 aliphatic rings. The first kappa shape index (κ1) is 24.2. The predicted octanol–water partition coefficient (Wildman–Crippen LogP) is 3.45.